The molecule has 0 fully saturated rings. The summed E-state index contributed by atoms with van der Waals surface area (Å²) in [6.45, 7) is 3.50. The maximum Gasteiger partial charge on any atom is 0.308 e. The second-order valence-corrected chi connectivity index (χ2v) is 9.51. The minimum absolute atomic E-state index is 0.0404. The van der Waals surface area contributed by atoms with Gasteiger partial charge in [0.05, 0.1) is 23.5 Å². The third kappa shape index (κ3) is 6.31. The van der Waals surface area contributed by atoms with Gasteiger partial charge in [0.2, 0.25) is 0 Å². The van der Waals surface area contributed by atoms with E-state index in [0.717, 1.165) is 5.56 Å². The highest BCUT2D eigenvalue weighted by Gasteiger charge is 2.23. The molecule has 7 nitrogen and oxygen atoms in total. The van der Waals surface area contributed by atoms with Gasteiger partial charge in [-0.3, -0.25) is 9.59 Å². The lowest BCUT2D eigenvalue weighted by Gasteiger charge is -2.19. The molecule has 1 amide bonds. The Bertz CT molecular complexity index is 1150. The summed E-state index contributed by atoms with van der Waals surface area (Å²) in [6, 6.07) is 19.3. The molecule has 0 saturated carbocycles. The molecule has 0 radical (unpaired) electrons. The van der Waals surface area contributed by atoms with Gasteiger partial charge in [0.1, 0.15) is 11.5 Å². The molecule has 1 aromatic heterocycles. The number of carbonyl (C=O) groups is 2. The number of sulfone groups is 1. The van der Waals surface area contributed by atoms with Crippen molar-refractivity contribution >= 4 is 21.7 Å². The van der Waals surface area contributed by atoms with Crippen molar-refractivity contribution in [3.8, 4) is 0 Å². The fraction of sp³-hybridized carbons (Fsp3) is 0.250. The molecular formula is C24H25NO6S. The number of benzene rings is 2. The first-order valence-electron chi connectivity index (χ1n) is 10.2. The van der Waals surface area contributed by atoms with Crippen LogP contribution < -0.4 is 5.32 Å². The van der Waals surface area contributed by atoms with E-state index in [2.05, 4.69) is 5.32 Å². The molecule has 8 heteroatoms. The maximum absolute atomic E-state index is 12.8. The molecule has 0 aliphatic heterocycles. The number of rotatable bonds is 9. The second kappa shape index (κ2) is 10.3. The van der Waals surface area contributed by atoms with Crippen LogP contribution in [0, 0.1) is 0 Å². The Morgan fingerprint density at radius 3 is 2.19 bits per heavy atom. The van der Waals surface area contributed by atoms with Crippen LogP contribution in [-0.2, 0) is 25.1 Å². The van der Waals surface area contributed by atoms with Crippen LogP contribution >= 0.6 is 0 Å². The summed E-state index contributed by atoms with van der Waals surface area (Å²) >= 11 is 0. The first-order valence-corrected chi connectivity index (χ1v) is 11.8. The van der Waals surface area contributed by atoms with E-state index in [4.69, 9.17) is 9.15 Å². The first-order chi connectivity index (χ1) is 15.2. The van der Waals surface area contributed by atoms with Crippen molar-refractivity contribution in [2.24, 2.45) is 0 Å². The molecule has 0 aliphatic carbocycles. The van der Waals surface area contributed by atoms with Gasteiger partial charge in [0.25, 0.3) is 5.91 Å². The molecule has 0 aliphatic rings. The van der Waals surface area contributed by atoms with Crippen LogP contribution in [0.3, 0.4) is 0 Å². The van der Waals surface area contributed by atoms with Crippen molar-refractivity contribution in [1.29, 1.82) is 0 Å². The molecule has 1 unspecified atom stereocenters. The van der Waals surface area contributed by atoms with E-state index in [0.29, 0.717) is 0 Å². The normalized spacial score (nSPS) is 12.3. The lowest BCUT2D eigenvalue weighted by molar-refractivity contribution is -0.147. The minimum atomic E-state index is -3.61. The van der Waals surface area contributed by atoms with E-state index >= 15 is 0 Å². The number of esters is 1. The fourth-order valence-corrected chi connectivity index (χ4v) is 4.39. The average molecular weight is 456 g/mol. The fourth-order valence-electron chi connectivity index (χ4n) is 3.12. The van der Waals surface area contributed by atoms with Gasteiger partial charge in [-0.25, -0.2) is 8.42 Å². The molecule has 0 bridgehead atoms. The van der Waals surface area contributed by atoms with Gasteiger partial charge in [-0.1, -0.05) is 48.5 Å². The first kappa shape index (κ1) is 23.3. The zero-order chi connectivity index (χ0) is 23.1. The van der Waals surface area contributed by atoms with Crippen LogP contribution in [0.5, 0.6) is 0 Å². The number of nitrogens with one attached hydrogen (secondary N) is 1. The largest absolute Gasteiger partial charge is 0.463 e. The van der Waals surface area contributed by atoms with Crippen LogP contribution in [0.1, 0.15) is 48.2 Å². The van der Waals surface area contributed by atoms with Crippen LogP contribution in [0.4, 0.5) is 0 Å². The summed E-state index contributed by atoms with van der Waals surface area (Å²) in [5.74, 6) is -1.26. The third-order valence-corrected chi connectivity index (χ3v) is 6.22. The third-order valence-electron chi connectivity index (χ3n) is 4.57. The predicted molar refractivity (Wildman–Crippen MR) is 119 cm³/mol. The van der Waals surface area contributed by atoms with Gasteiger partial charge in [0.15, 0.2) is 15.6 Å². The average Bonchev–Trinajstić information content (AvgIpc) is 3.22. The lowest BCUT2D eigenvalue weighted by atomic mass is 10.0. The molecule has 168 valence electrons. The quantitative estimate of drug-likeness (QED) is 0.488. The van der Waals surface area contributed by atoms with Gasteiger partial charge < -0.3 is 14.5 Å². The monoisotopic (exact) mass is 455 g/mol. The lowest BCUT2D eigenvalue weighted by Crippen LogP contribution is -2.30. The Balaban J connectivity index is 1.73. The molecular weight excluding hydrogens is 430 g/mol. The van der Waals surface area contributed by atoms with Crippen LogP contribution in [0.2, 0.25) is 0 Å². The van der Waals surface area contributed by atoms with E-state index in [1.165, 1.54) is 24.3 Å². The van der Waals surface area contributed by atoms with E-state index in [1.807, 2.05) is 18.2 Å². The van der Waals surface area contributed by atoms with E-state index < -0.39 is 27.8 Å². The smallest absolute Gasteiger partial charge is 0.308 e. The molecule has 1 heterocycles. The molecule has 0 spiro atoms. The van der Waals surface area contributed by atoms with Gasteiger partial charge >= 0.3 is 5.97 Å². The zero-order valence-electron chi connectivity index (χ0n) is 17.9. The standard InChI is InChI=1S/C24H25NO6S/c1-17(2)30-23(26)15-21(18-9-5-3-6-10-18)25-24(27)22-14-13-19(31-22)16-32(28,29)20-11-7-4-8-12-20/h3-14,17,21H,15-16H2,1-2H3,(H,25,27). The topological polar surface area (TPSA) is 103 Å². The van der Waals surface area contributed by atoms with Crippen LogP contribution in [0.15, 0.2) is 82.1 Å². The number of hydrogen-bond donors (Lipinski definition) is 1. The number of ether oxygens (including phenoxy) is 1. The Labute approximate surface area is 187 Å². The van der Waals surface area contributed by atoms with E-state index in [1.54, 1.807) is 44.2 Å². The molecule has 3 rings (SSSR count). The second-order valence-electron chi connectivity index (χ2n) is 7.52. The Morgan fingerprint density at radius 2 is 1.56 bits per heavy atom. The number of carbonyl (C=O) groups excluding carboxylic acids is 2. The number of amides is 1. The summed E-state index contributed by atoms with van der Waals surface area (Å²) in [5.41, 5.74) is 0.736. The van der Waals surface area contributed by atoms with Gasteiger partial charge in [-0.2, -0.15) is 0 Å². The summed E-state index contributed by atoms with van der Waals surface area (Å²) in [5, 5.41) is 2.78. The Morgan fingerprint density at radius 1 is 0.938 bits per heavy atom. The zero-order valence-corrected chi connectivity index (χ0v) is 18.7. The number of furan rings is 1. The predicted octanol–water partition coefficient (Wildman–Crippen LogP) is 4.07. The molecule has 1 atom stereocenters. The van der Waals surface area contributed by atoms with E-state index in [9.17, 15) is 18.0 Å². The molecule has 0 saturated heterocycles. The summed E-state index contributed by atoms with van der Waals surface area (Å²) in [7, 11) is -3.61. The number of hydrogen-bond acceptors (Lipinski definition) is 6. The molecule has 2 aromatic carbocycles. The summed E-state index contributed by atoms with van der Waals surface area (Å²) in [4.78, 5) is 25.1. The van der Waals surface area contributed by atoms with Crippen LogP contribution in [0.25, 0.3) is 0 Å². The Hall–Kier alpha value is -3.39. The van der Waals surface area contributed by atoms with Gasteiger partial charge in [-0.05, 0) is 43.7 Å². The van der Waals surface area contributed by atoms with Crippen molar-refractivity contribution < 1.29 is 27.2 Å². The highest BCUT2D eigenvalue weighted by Crippen LogP contribution is 2.21. The SMILES string of the molecule is CC(C)OC(=O)CC(NC(=O)c1ccc(CS(=O)(=O)c2ccccc2)o1)c1ccccc1. The highest BCUT2D eigenvalue weighted by molar-refractivity contribution is 7.90. The van der Waals surface area contributed by atoms with Crippen molar-refractivity contribution in [3.63, 3.8) is 0 Å². The van der Waals surface area contributed by atoms with Crippen molar-refractivity contribution in [2.45, 2.75) is 43.1 Å². The highest BCUT2D eigenvalue weighted by atomic mass is 32.2. The van der Waals surface area contributed by atoms with E-state index in [-0.39, 0.29) is 34.7 Å². The minimum Gasteiger partial charge on any atom is -0.463 e. The summed E-state index contributed by atoms with van der Waals surface area (Å²) < 4.78 is 35.8. The Kier molecular flexibility index (Phi) is 7.48. The van der Waals surface area contributed by atoms with Crippen LogP contribution in [-0.4, -0.2) is 26.4 Å². The maximum atomic E-state index is 12.8. The molecule has 3 aromatic rings. The van der Waals surface area contributed by atoms with Crippen molar-refractivity contribution in [1.82, 2.24) is 5.32 Å². The van der Waals surface area contributed by atoms with Gasteiger partial charge in [-0.15, -0.1) is 0 Å². The summed E-state index contributed by atoms with van der Waals surface area (Å²) in [6.07, 6.45) is -0.321. The van der Waals surface area contributed by atoms with Crippen molar-refractivity contribution in [2.75, 3.05) is 0 Å². The van der Waals surface area contributed by atoms with Gasteiger partial charge in [0, 0.05) is 0 Å². The molecule has 32 heavy (non-hydrogen) atoms. The molecule has 1 N–H and O–H groups in total. The van der Waals surface area contributed by atoms with Crippen molar-refractivity contribution in [3.05, 3.63) is 89.9 Å².